The maximum atomic E-state index is 12.0. The van der Waals surface area contributed by atoms with Crippen LogP contribution in [0.5, 0.6) is 5.75 Å². The Morgan fingerprint density at radius 1 is 1.17 bits per heavy atom. The van der Waals surface area contributed by atoms with Crippen LogP contribution in [0.1, 0.15) is 6.92 Å². The van der Waals surface area contributed by atoms with E-state index in [4.69, 9.17) is 0 Å². The van der Waals surface area contributed by atoms with E-state index < -0.39 is 22.6 Å². The molecular formula is C11H13N3O4. The molecule has 0 amide bonds. The van der Waals surface area contributed by atoms with Crippen molar-refractivity contribution in [3.05, 3.63) is 37.3 Å². The molecule has 2 heterocycles. The van der Waals surface area contributed by atoms with E-state index in [1.807, 2.05) is 0 Å². The van der Waals surface area contributed by atoms with Crippen LogP contribution in [0.2, 0.25) is 0 Å². The van der Waals surface area contributed by atoms with Gasteiger partial charge in [0.15, 0.2) is 0 Å². The van der Waals surface area contributed by atoms with E-state index >= 15 is 0 Å². The molecule has 0 bridgehead atoms. The fraction of sp³-hybridized carbons (Fsp3) is 0.364. The molecule has 0 aliphatic heterocycles. The first kappa shape index (κ1) is 12.2. The molecule has 2 aromatic rings. The van der Waals surface area contributed by atoms with Gasteiger partial charge in [-0.05, 0) is 6.92 Å². The van der Waals surface area contributed by atoms with Crippen LogP contribution in [0, 0.1) is 0 Å². The molecule has 7 heteroatoms. The third-order valence-electron chi connectivity index (χ3n) is 3.00. The second kappa shape index (κ2) is 3.86. The molecular weight excluding hydrogens is 238 g/mol. The van der Waals surface area contributed by atoms with Crippen molar-refractivity contribution in [3.63, 3.8) is 0 Å². The van der Waals surface area contributed by atoms with Crippen LogP contribution >= 0.6 is 0 Å². The van der Waals surface area contributed by atoms with Gasteiger partial charge in [0.25, 0.3) is 11.1 Å². The normalized spacial score (nSPS) is 11.1. The van der Waals surface area contributed by atoms with E-state index in [-0.39, 0.29) is 11.0 Å². The quantitative estimate of drug-likeness (QED) is 0.713. The van der Waals surface area contributed by atoms with Crippen LogP contribution in [0.25, 0.3) is 11.0 Å². The van der Waals surface area contributed by atoms with Crippen LogP contribution in [0.15, 0.2) is 20.4 Å². The molecule has 0 saturated carbocycles. The van der Waals surface area contributed by atoms with Gasteiger partial charge in [-0.15, -0.1) is 0 Å². The van der Waals surface area contributed by atoms with Gasteiger partial charge >= 0.3 is 5.69 Å². The van der Waals surface area contributed by atoms with Crippen molar-refractivity contribution < 1.29 is 5.11 Å². The predicted octanol–water partition coefficient (Wildman–Crippen LogP) is -0.876. The number of hydrogen-bond donors (Lipinski definition) is 1. The summed E-state index contributed by atoms with van der Waals surface area (Å²) in [4.78, 5) is 35.5. The predicted molar refractivity (Wildman–Crippen MR) is 66.0 cm³/mol. The van der Waals surface area contributed by atoms with Crippen LogP contribution in [-0.2, 0) is 20.6 Å². The van der Waals surface area contributed by atoms with Gasteiger partial charge in [-0.1, -0.05) is 0 Å². The number of rotatable bonds is 1. The Morgan fingerprint density at radius 2 is 1.78 bits per heavy atom. The number of pyridine rings is 1. The van der Waals surface area contributed by atoms with Gasteiger partial charge in [0.05, 0.1) is 0 Å². The number of fused-ring (bicyclic) bond motifs is 1. The summed E-state index contributed by atoms with van der Waals surface area (Å²) in [6.45, 7) is 2.01. The molecule has 2 aromatic heterocycles. The van der Waals surface area contributed by atoms with Gasteiger partial charge in [0, 0.05) is 26.7 Å². The molecule has 0 aromatic carbocycles. The van der Waals surface area contributed by atoms with Gasteiger partial charge in [-0.2, -0.15) is 0 Å². The van der Waals surface area contributed by atoms with Gasteiger partial charge < -0.3 is 5.11 Å². The minimum atomic E-state index is -0.618. The lowest BCUT2D eigenvalue weighted by Gasteiger charge is -2.13. The highest BCUT2D eigenvalue weighted by molar-refractivity contribution is 5.81. The summed E-state index contributed by atoms with van der Waals surface area (Å²) in [7, 11) is 2.79. The third-order valence-corrected chi connectivity index (χ3v) is 3.00. The second-order valence-electron chi connectivity index (χ2n) is 4.02. The molecule has 0 spiro atoms. The van der Waals surface area contributed by atoms with Crippen molar-refractivity contribution in [2.75, 3.05) is 0 Å². The van der Waals surface area contributed by atoms with E-state index in [0.717, 1.165) is 10.6 Å². The summed E-state index contributed by atoms with van der Waals surface area (Å²) >= 11 is 0. The van der Waals surface area contributed by atoms with E-state index in [2.05, 4.69) is 0 Å². The number of hydrogen-bond acceptors (Lipinski definition) is 4. The molecule has 0 aliphatic rings. The monoisotopic (exact) mass is 251 g/mol. The zero-order valence-electron chi connectivity index (χ0n) is 10.3. The van der Waals surface area contributed by atoms with Gasteiger partial charge in [-0.25, -0.2) is 4.79 Å². The average molecular weight is 251 g/mol. The minimum absolute atomic E-state index is 0.0268. The zero-order chi connectivity index (χ0) is 13.6. The first-order valence-corrected chi connectivity index (χ1v) is 5.42. The molecule has 0 radical (unpaired) electrons. The maximum absolute atomic E-state index is 12.0. The van der Waals surface area contributed by atoms with Crippen molar-refractivity contribution in [2.45, 2.75) is 13.5 Å². The average Bonchev–Trinajstić information content (AvgIpc) is 2.33. The highest BCUT2D eigenvalue weighted by Crippen LogP contribution is 2.16. The van der Waals surface area contributed by atoms with Crippen molar-refractivity contribution in [1.82, 2.24) is 13.7 Å². The third kappa shape index (κ3) is 1.40. The van der Waals surface area contributed by atoms with E-state index in [1.54, 1.807) is 6.92 Å². The molecule has 2 rings (SSSR count). The lowest BCUT2D eigenvalue weighted by atomic mass is 10.3. The Balaban J connectivity index is 3.32. The van der Waals surface area contributed by atoms with Gasteiger partial charge in [0.2, 0.25) is 0 Å². The molecule has 0 atom stereocenters. The number of nitrogens with zero attached hydrogens (tertiary/aromatic N) is 3. The molecule has 0 unspecified atom stereocenters. The number of aromatic hydroxyl groups is 1. The fourth-order valence-electron chi connectivity index (χ4n) is 2.01. The van der Waals surface area contributed by atoms with Crippen molar-refractivity contribution in [3.8, 4) is 5.75 Å². The SMILES string of the molecule is CCn1c(=O)n(C)c(=O)c2c(O)cc(=O)n(C)c21. The minimum Gasteiger partial charge on any atom is -0.507 e. The highest BCUT2D eigenvalue weighted by Gasteiger charge is 2.16. The van der Waals surface area contributed by atoms with E-state index in [9.17, 15) is 19.5 Å². The second-order valence-corrected chi connectivity index (χ2v) is 4.02. The fourth-order valence-corrected chi connectivity index (χ4v) is 2.01. The Hall–Kier alpha value is -2.31. The van der Waals surface area contributed by atoms with Crippen molar-refractivity contribution in [2.24, 2.45) is 14.1 Å². The lowest BCUT2D eigenvalue weighted by Crippen LogP contribution is -2.40. The largest absolute Gasteiger partial charge is 0.507 e. The van der Waals surface area contributed by atoms with Crippen LogP contribution in [0.4, 0.5) is 0 Å². The van der Waals surface area contributed by atoms with Crippen LogP contribution in [0.3, 0.4) is 0 Å². The van der Waals surface area contributed by atoms with Crippen molar-refractivity contribution >= 4 is 11.0 Å². The van der Waals surface area contributed by atoms with Gasteiger partial charge in [0.1, 0.15) is 16.8 Å². The van der Waals surface area contributed by atoms with Gasteiger partial charge in [-0.3, -0.25) is 23.3 Å². The standard InChI is InChI=1S/C11H13N3O4/c1-4-14-9-8(10(17)13(3)11(14)18)6(15)5-7(16)12(9)2/h5,15H,4H2,1-3H3. The smallest absolute Gasteiger partial charge is 0.332 e. The topological polar surface area (TPSA) is 86.2 Å². The summed E-state index contributed by atoms with van der Waals surface area (Å²) in [6, 6.07) is 0.966. The Bertz CT molecular complexity index is 810. The zero-order valence-corrected chi connectivity index (χ0v) is 10.3. The summed E-state index contributed by atoms with van der Waals surface area (Å²) in [6.07, 6.45) is 0. The maximum Gasteiger partial charge on any atom is 0.332 e. The molecule has 7 nitrogen and oxygen atoms in total. The summed E-state index contributed by atoms with van der Waals surface area (Å²) < 4.78 is 3.37. The molecule has 1 N–H and O–H groups in total. The highest BCUT2D eigenvalue weighted by atomic mass is 16.3. The van der Waals surface area contributed by atoms with E-state index in [0.29, 0.717) is 6.54 Å². The molecule has 96 valence electrons. The first-order valence-electron chi connectivity index (χ1n) is 5.42. The van der Waals surface area contributed by atoms with Crippen molar-refractivity contribution in [1.29, 1.82) is 0 Å². The Kier molecular flexibility index (Phi) is 2.61. The Labute approximate surface area is 101 Å². The number of aromatic nitrogens is 3. The summed E-state index contributed by atoms with van der Waals surface area (Å²) in [5.74, 6) is -0.407. The van der Waals surface area contributed by atoms with Crippen LogP contribution < -0.4 is 16.8 Å². The van der Waals surface area contributed by atoms with E-state index in [1.165, 1.54) is 23.2 Å². The van der Waals surface area contributed by atoms with Crippen LogP contribution in [-0.4, -0.2) is 18.8 Å². The molecule has 0 aliphatic carbocycles. The Morgan fingerprint density at radius 3 is 2.33 bits per heavy atom. The molecule has 18 heavy (non-hydrogen) atoms. The summed E-state index contributed by atoms with van der Waals surface area (Å²) in [5.41, 5.74) is -1.48. The molecule has 0 saturated heterocycles. The lowest BCUT2D eigenvalue weighted by molar-refractivity contribution is 0.476. The molecule has 0 fully saturated rings. The first-order chi connectivity index (χ1) is 8.40. The summed E-state index contributed by atoms with van der Waals surface area (Å²) in [5, 5.41) is 9.72. The number of aryl methyl sites for hydroxylation is 2.